The van der Waals surface area contributed by atoms with Gasteiger partial charge in [-0.2, -0.15) is 0 Å². The zero-order valence-electron chi connectivity index (χ0n) is 67.4. The fraction of sp³-hybridized carbons (Fsp3) is 0.671. The number of benzene rings is 2. The van der Waals surface area contributed by atoms with E-state index in [1.54, 1.807) is 103 Å². The summed E-state index contributed by atoms with van der Waals surface area (Å²) in [5.41, 5.74) is 6.35. The van der Waals surface area contributed by atoms with Crippen LogP contribution in [-0.4, -0.2) is 191 Å². The van der Waals surface area contributed by atoms with E-state index < -0.39 is 203 Å². The lowest BCUT2D eigenvalue weighted by Gasteiger charge is -2.33. The highest BCUT2D eigenvalue weighted by atomic mass is 16.5. The number of ether oxygens (including phenoxy) is 1. The normalized spacial score (nSPS) is 22.2. The Hall–Kier alpha value is -9.06. The molecule has 0 radical (unpaired) electrons. The maximum absolute atomic E-state index is 15.1. The molecule has 0 saturated carbocycles. The number of cyclic esters (lactones) is 1. The fourth-order valence-corrected chi connectivity index (χ4v) is 12.9. The average Bonchev–Trinajstić information content (AvgIpc) is 1.79. The van der Waals surface area contributed by atoms with Crippen molar-refractivity contribution in [2.45, 2.75) is 280 Å². The molecule has 2 fully saturated rings. The van der Waals surface area contributed by atoms with Crippen LogP contribution in [0.4, 0.5) is 0 Å². The first-order valence-corrected chi connectivity index (χ1v) is 38.9. The van der Waals surface area contributed by atoms with E-state index in [-0.39, 0.29) is 63.2 Å². The minimum atomic E-state index is -1.83. The van der Waals surface area contributed by atoms with E-state index in [1.165, 1.54) is 31.7 Å². The van der Waals surface area contributed by atoms with Gasteiger partial charge in [0, 0.05) is 19.4 Å². The number of aliphatic hydroxyl groups excluding tert-OH is 1. The number of nitrogens with two attached hydrogens (primary N) is 1. The predicted octanol–water partition coefficient (Wildman–Crippen LogP) is 2.99. The molecule has 13 amide bonds. The molecular weight excluding hydrogens is 1400 g/mol. The highest BCUT2D eigenvalue weighted by Crippen LogP contribution is 2.24. The van der Waals surface area contributed by atoms with Gasteiger partial charge in [-0.3, -0.25) is 62.3 Å². The molecule has 15 N–H and O–H groups in total. The minimum Gasteiger partial charge on any atom is -0.458 e. The van der Waals surface area contributed by atoms with Crippen LogP contribution in [0.1, 0.15) is 195 Å². The first kappa shape index (κ1) is 92.3. The topological polar surface area (TPSA) is 442 Å². The highest BCUT2D eigenvalue weighted by Gasteiger charge is 2.45. The number of nitrogens with one attached hydrogen (secondary N) is 12. The number of allylic oxidation sites excluding steroid dienone is 1. The number of esters is 1. The summed E-state index contributed by atoms with van der Waals surface area (Å²) < 4.78 is 5.99. The summed E-state index contributed by atoms with van der Waals surface area (Å²) in [5, 5.41) is 45.1. The lowest BCUT2D eigenvalue weighted by Crippen LogP contribution is -2.64. The Morgan fingerprint density at radius 3 is 1.72 bits per heavy atom. The molecule has 2 aromatic carbocycles. The maximum atomic E-state index is 15.1. The van der Waals surface area contributed by atoms with Gasteiger partial charge in [0.05, 0.1) is 6.10 Å². The van der Waals surface area contributed by atoms with E-state index in [0.717, 1.165) is 17.2 Å². The number of rotatable bonds is 33. The first-order chi connectivity index (χ1) is 51.2. The number of carbonyl (C=O) groups is 14. The Balaban J connectivity index is 1.64. The molecule has 2 saturated heterocycles. The zero-order valence-corrected chi connectivity index (χ0v) is 67.4. The van der Waals surface area contributed by atoms with Gasteiger partial charge in [-0.1, -0.05) is 179 Å². The average molecular weight is 1530 g/mol. The van der Waals surface area contributed by atoms with Gasteiger partial charge in [0.25, 0.3) is 5.91 Å². The van der Waals surface area contributed by atoms with E-state index in [4.69, 9.17) is 10.5 Å². The largest absolute Gasteiger partial charge is 0.458 e. The van der Waals surface area contributed by atoms with Gasteiger partial charge in [-0.05, 0) is 123 Å². The number of aliphatic hydroxyl groups is 1. The van der Waals surface area contributed by atoms with Crippen LogP contribution in [0.3, 0.4) is 0 Å². The van der Waals surface area contributed by atoms with E-state index in [1.807, 2.05) is 50.2 Å². The standard InChI is InChI=1S/C79H126N14O16/c1-20-46(16)63(89-68(97)54(31-26-36-80)82-70(99)56-32-27-37-93(56)78(107)61(44(12)13)87-73(102)60(43(10)11)86-76(105)65(48(18)94)91-72(101)58(41(6)7)84-57(95)33-25-28-40(4)5)75(104)92-66-49(19)109-79(108)62(45(14)15)88-67(96)53(22-3)81-69(98)55(39-50-34-35-51-29-23-24-30-52(51)38-50)83-71(100)59(42(8)9)85-74(103)64(47(17)21-2)90-77(66)106/h22-24,29-30,34-35,38,40-49,54-56,58-66,94H,20-21,25-28,31-33,36-37,39,80H2,1-19H3,(H,81,98)(H,82,99)(H,83,100)(H,84,95)(H,85,103)(H,86,105)(H,87,102)(H,88,96)(H,89,97)(H,90,106)(H,91,101)(H,92,104)/b53-22+/t46?,47?,48?,49?,54-,55-,56+,58+,59+,60-,61+,62-,63+,64+,65-,66+/m0/s1. The maximum Gasteiger partial charge on any atom is 0.329 e. The Morgan fingerprint density at radius 1 is 0.606 bits per heavy atom. The van der Waals surface area contributed by atoms with Gasteiger partial charge in [-0.25, -0.2) is 4.79 Å². The first-order valence-electron chi connectivity index (χ1n) is 38.9. The number of hydrogen-bond donors (Lipinski definition) is 14. The van der Waals surface area contributed by atoms with E-state index >= 15 is 9.59 Å². The number of fused-ring (bicyclic) bond motifs is 1. The van der Waals surface area contributed by atoms with Crippen molar-refractivity contribution < 1.29 is 77.0 Å². The second-order valence-corrected chi connectivity index (χ2v) is 31.4. The molecule has 2 aliphatic heterocycles. The van der Waals surface area contributed by atoms with Crippen LogP contribution in [0.25, 0.3) is 10.8 Å². The van der Waals surface area contributed by atoms with Crippen molar-refractivity contribution in [3.05, 3.63) is 59.8 Å². The third kappa shape index (κ3) is 27.2. The van der Waals surface area contributed by atoms with Crippen LogP contribution in [0, 0.1) is 47.3 Å². The zero-order chi connectivity index (χ0) is 82.0. The Bertz CT molecular complexity index is 3520. The quantitative estimate of drug-likeness (QED) is 0.0361. The molecule has 2 aromatic rings. The Kier molecular flexibility index (Phi) is 37.2. The van der Waals surface area contributed by atoms with Crippen LogP contribution in [0.5, 0.6) is 0 Å². The van der Waals surface area contributed by atoms with Crippen molar-refractivity contribution in [2.75, 3.05) is 13.1 Å². The van der Waals surface area contributed by atoms with E-state index in [2.05, 4.69) is 63.8 Å². The molecule has 4 rings (SSSR count). The molecule has 0 aromatic heterocycles. The van der Waals surface area contributed by atoms with Crippen molar-refractivity contribution in [1.82, 2.24) is 68.7 Å². The second-order valence-electron chi connectivity index (χ2n) is 31.4. The monoisotopic (exact) mass is 1530 g/mol. The third-order valence-corrected chi connectivity index (χ3v) is 20.2. The van der Waals surface area contributed by atoms with Crippen molar-refractivity contribution in [2.24, 2.45) is 53.1 Å². The van der Waals surface area contributed by atoms with Crippen molar-refractivity contribution in [1.29, 1.82) is 0 Å². The highest BCUT2D eigenvalue weighted by molar-refractivity contribution is 6.03. The second kappa shape index (κ2) is 44.0. The van der Waals surface area contributed by atoms with Crippen LogP contribution in [0.2, 0.25) is 0 Å². The van der Waals surface area contributed by atoms with Crippen LogP contribution in [-0.2, 0) is 78.3 Å². The van der Waals surface area contributed by atoms with Gasteiger partial charge in [0.1, 0.15) is 84.3 Å². The van der Waals surface area contributed by atoms with Crippen molar-refractivity contribution in [3.8, 4) is 0 Å². The summed E-state index contributed by atoms with van der Waals surface area (Å²) in [5.74, 6) is -15.2. The van der Waals surface area contributed by atoms with Crippen LogP contribution >= 0.6 is 0 Å². The molecule has 608 valence electrons. The molecule has 0 spiro atoms. The molecular formula is C79H126N14O16. The van der Waals surface area contributed by atoms with Crippen molar-refractivity contribution >= 4 is 93.5 Å². The number of carbonyl (C=O) groups excluding carboxylic acids is 14. The molecule has 0 bridgehead atoms. The third-order valence-electron chi connectivity index (χ3n) is 20.2. The van der Waals surface area contributed by atoms with Gasteiger partial charge < -0.3 is 84.3 Å². The Morgan fingerprint density at radius 2 is 1.17 bits per heavy atom. The lowest BCUT2D eigenvalue weighted by atomic mass is 9.95. The van der Waals surface area contributed by atoms with Crippen molar-refractivity contribution in [3.63, 3.8) is 0 Å². The molecule has 109 heavy (non-hydrogen) atoms. The molecule has 16 atom stereocenters. The van der Waals surface area contributed by atoms with Crippen LogP contribution < -0.4 is 69.5 Å². The number of likely N-dealkylation sites (tertiary alicyclic amines) is 1. The van der Waals surface area contributed by atoms with E-state index in [0.29, 0.717) is 30.7 Å². The Labute approximate surface area is 642 Å². The molecule has 4 unspecified atom stereocenters. The summed E-state index contributed by atoms with van der Waals surface area (Å²) in [6.45, 7) is 31.8. The predicted molar refractivity (Wildman–Crippen MR) is 413 cm³/mol. The summed E-state index contributed by atoms with van der Waals surface area (Å²) in [4.78, 5) is 203. The van der Waals surface area contributed by atoms with E-state index in [9.17, 15) is 62.6 Å². The van der Waals surface area contributed by atoms with Gasteiger partial charge >= 0.3 is 5.97 Å². The summed E-state index contributed by atoms with van der Waals surface area (Å²) >= 11 is 0. The SMILES string of the molecule is C/C=C1/NC(=O)[C@H](Cc2ccc3ccccc3c2)NC(=O)[C@@H](C(C)C)NC(=O)[C@@H](C(C)CC)NC(=O)[C@H](NC(=O)[C@H](NC(=O)[C@H](CCCN)NC(=O)[C@H]2CCCN2C(=O)[C@H](NC(=O)[C@@H](NC(=O)[C@@H](NC(=O)[C@H](NC(=O)CCCC(C)C)C(C)C)C(C)O)C(C)C)C(C)C)C(C)CC)C(C)OC(=O)[C@H](C(C)C)NC1=O. The minimum absolute atomic E-state index is 0.0542. The fourth-order valence-electron chi connectivity index (χ4n) is 12.9. The number of nitrogens with zero attached hydrogens (tertiary/aromatic N) is 1. The summed E-state index contributed by atoms with van der Waals surface area (Å²) in [6, 6.07) is -3.43. The molecule has 30 nitrogen and oxygen atoms in total. The lowest BCUT2D eigenvalue weighted by molar-refractivity contribution is -0.157. The number of amides is 13. The number of hydrogen-bond acceptors (Lipinski definition) is 17. The summed E-state index contributed by atoms with van der Waals surface area (Å²) in [7, 11) is 0. The van der Waals surface area contributed by atoms with Gasteiger partial charge in [0.15, 0.2) is 0 Å². The molecule has 2 heterocycles. The molecule has 30 heteroatoms. The van der Waals surface area contributed by atoms with Crippen LogP contribution in [0.15, 0.2) is 54.2 Å². The summed E-state index contributed by atoms with van der Waals surface area (Å²) in [6.07, 6.45) is 0.978. The smallest absolute Gasteiger partial charge is 0.329 e. The molecule has 2 aliphatic rings. The molecule has 0 aliphatic carbocycles. The van der Waals surface area contributed by atoms with Gasteiger partial charge in [-0.15, -0.1) is 0 Å². The van der Waals surface area contributed by atoms with Gasteiger partial charge in [0.2, 0.25) is 70.9 Å².